The minimum atomic E-state index is -0.250. The number of carbonyl (C=O) groups is 1. The van der Waals surface area contributed by atoms with E-state index in [0.717, 1.165) is 42.4 Å². The first-order valence-electron chi connectivity index (χ1n) is 13.0. The molecule has 8 atom stereocenters. The lowest BCUT2D eigenvalue weighted by Crippen LogP contribution is -2.54. The average molecular weight is 420 g/mol. The van der Waals surface area contributed by atoms with Gasteiger partial charge in [0.05, 0.1) is 6.10 Å². The molecule has 3 aliphatic carbocycles. The van der Waals surface area contributed by atoms with Crippen molar-refractivity contribution in [2.45, 2.75) is 111 Å². The third-order valence-corrected chi connectivity index (χ3v) is 10.2. The Labute approximate surface area is 186 Å². The second kappa shape index (κ2) is 9.51. The van der Waals surface area contributed by atoms with E-state index in [1.165, 1.54) is 51.4 Å². The lowest BCUT2D eigenvalue weighted by atomic mass is 9.47. The van der Waals surface area contributed by atoms with Crippen molar-refractivity contribution in [1.82, 2.24) is 5.32 Å². The van der Waals surface area contributed by atoms with Gasteiger partial charge < -0.3 is 10.4 Å². The molecular formula is C27H49NO2. The summed E-state index contributed by atoms with van der Waals surface area (Å²) in [7, 11) is 1.72. The molecule has 30 heavy (non-hydrogen) atoms. The van der Waals surface area contributed by atoms with Crippen molar-refractivity contribution < 1.29 is 9.90 Å². The smallest absolute Gasteiger partial charge is 0.219 e. The molecule has 0 spiro atoms. The van der Waals surface area contributed by atoms with E-state index < -0.39 is 0 Å². The van der Waals surface area contributed by atoms with E-state index in [1.54, 1.807) is 7.05 Å². The molecule has 0 aliphatic heterocycles. The molecule has 3 nitrogen and oxygen atoms in total. The predicted octanol–water partition coefficient (Wildman–Crippen LogP) is 6.19. The molecule has 0 unspecified atom stereocenters. The van der Waals surface area contributed by atoms with Crippen LogP contribution in [0.5, 0.6) is 0 Å². The summed E-state index contributed by atoms with van der Waals surface area (Å²) in [4.78, 5) is 12.0. The lowest BCUT2D eigenvalue weighted by Gasteiger charge is -2.58. The summed E-state index contributed by atoms with van der Waals surface area (Å²) in [6.45, 7) is 12.1. The highest BCUT2D eigenvalue weighted by Crippen LogP contribution is 2.66. The summed E-state index contributed by atoms with van der Waals surface area (Å²) in [5, 5.41) is 13.8. The number of amides is 1. The van der Waals surface area contributed by atoms with E-state index in [2.05, 4.69) is 39.9 Å². The van der Waals surface area contributed by atoms with Gasteiger partial charge in [-0.05, 0) is 91.3 Å². The summed E-state index contributed by atoms with van der Waals surface area (Å²) in [5.41, 5.74) is 0.389. The molecule has 3 heteroatoms. The molecule has 174 valence electrons. The highest BCUT2D eigenvalue weighted by molar-refractivity contribution is 5.75. The number of rotatable bonds is 8. The number of aliphatic hydroxyl groups is 1. The quantitative estimate of drug-likeness (QED) is 0.492. The van der Waals surface area contributed by atoms with Gasteiger partial charge in [0.25, 0.3) is 0 Å². The van der Waals surface area contributed by atoms with Gasteiger partial charge in [-0.3, -0.25) is 4.79 Å². The molecule has 0 aromatic heterocycles. The molecular weight excluding hydrogens is 370 g/mol. The Hall–Kier alpha value is -0.570. The number of nitrogens with one attached hydrogen (secondary N) is 1. The van der Waals surface area contributed by atoms with Crippen LogP contribution in [0.3, 0.4) is 0 Å². The molecule has 0 aromatic carbocycles. The van der Waals surface area contributed by atoms with Crippen molar-refractivity contribution in [2.24, 2.45) is 46.3 Å². The van der Waals surface area contributed by atoms with Gasteiger partial charge in [0.15, 0.2) is 0 Å². The van der Waals surface area contributed by atoms with E-state index in [0.29, 0.717) is 17.8 Å². The van der Waals surface area contributed by atoms with Crippen LogP contribution >= 0.6 is 0 Å². The molecule has 3 fully saturated rings. The number of hydrogen-bond acceptors (Lipinski definition) is 2. The largest absolute Gasteiger partial charge is 0.393 e. The molecule has 3 aliphatic rings. The topological polar surface area (TPSA) is 49.3 Å². The third-order valence-electron chi connectivity index (χ3n) is 10.2. The predicted molar refractivity (Wildman–Crippen MR) is 125 cm³/mol. The number of hydrogen-bond donors (Lipinski definition) is 2. The maximum Gasteiger partial charge on any atom is 0.219 e. The molecule has 0 bridgehead atoms. The number of carbonyl (C=O) groups excluding carboxylic acids is 1. The normalized spacial score (nSPS) is 41.9. The molecule has 0 saturated heterocycles. The monoisotopic (exact) mass is 419 g/mol. The van der Waals surface area contributed by atoms with Crippen LogP contribution in [0, 0.1) is 46.3 Å². The van der Waals surface area contributed by atoms with Gasteiger partial charge in [-0.15, -0.1) is 0 Å². The number of aliphatic hydroxyl groups excluding tert-OH is 1. The molecule has 2 N–H and O–H groups in total. The summed E-state index contributed by atoms with van der Waals surface area (Å²) >= 11 is 0. The minimum absolute atomic E-state index is 0.0995. The zero-order chi connectivity index (χ0) is 22.1. The van der Waals surface area contributed by atoms with Gasteiger partial charge in [0.2, 0.25) is 5.91 Å². The van der Waals surface area contributed by atoms with Crippen LogP contribution in [0.4, 0.5) is 0 Å². The molecule has 0 aromatic rings. The Morgan fingerprint density at radius 2 is 1.77 bits per heavy atom. The molecule has 3 rings (SSSR count). The lowest BCUT2D eigenvalue weighted by molar-refractivity contribution is -0.138. The Morgan fingerprint density at radius 3 is 2.43 bits per heavy atom. The van der Waals surface area contributed by atoms with Crippen molar-refractivity contribution in [3.63, 3.8) is 0 Å². The Bertz CT molecular complexity index is 589. The van der Waals surface area contributed by atoms with Crippen LogP contribution in [-0.4, -0.2) is 24.2 Å². The van der Waals surface area contributed by atoms with Crippen molar-refractivity contribution in [2.75, 3.05) is 7.05 Å². The highest BCUT2D eigenvalue weighted by Gasteiger charge is 2.59. The molecule has 1 amide bonds. The van der Waals surface area contributed by atoms with Crippen LogP contribution in [0.25, 0.3) is 0 Å². The van der Waals surface area contributed by atoms with E-state index in [-0.39, 0.29) is 17.4 Å². The fourth-order valence-corrected chi connectivity index (χ4v) is 8.32. The van der Waals surface area contributed by atoms with Crippen LogP contribution in [0.1, 0.15) is 105 Å². The standard InChI is InChI=1S/C27H49NO2/c1-18(2)8-7-9-19(3)21-11-12-22-20-10-13-24(29)27(5,17-15-25(30)28-6)23(20)14-16-26(21,22)4/h18-24,29H,7-17H2,1-6H3,(H,28,30)/t19-,20+,21-,22-,23+,24-,26+,27-/m0/s1. The Morgan fingerprint density at radius 1 is 1.03 bits per heavy atom. The summed E-state index contributed by atoms with van der Waals surface area (Å²) in [6, 6.07) is 0. The van der Waals surface area contributed by atoms with Crippen LogP contribution in [-0.2, 0) is 4.79 Å². The molecule has 0 radical (unpaired) electrons. The maximum atomic E-state index is 12.0. The first-order chi connectivity index (χ1) is 14.1. The third kappa shape index (κ3) is 4.48. The highest BCUT2D eigenvalue weighted by atomic mass is 16.3. The second-order valence-electron chi connectivity index (χ2n) is 12.2. The van der Waals surface area contributed by atoms with Crippen molar-refractivity contribution in [1.29, 1.82) is 0 Å². The Balaban J connectivity index is 1.71. The average Bonchev–Trinajstić information content (AvgIpc) is 3.06. The van der Waals surface area contributed by atoms with Gasteiger partial charge in [-0.2, -0.15) is 0 Å². The van der Waals surface area contributed by atoms with E-state index in [4.69, 9.17) is 0 Å². The fourth-order valence-electron chi connectivity index (χ4n) is 8.32. The summed E-state index contributed by atoms with van der Waals surface area (Å²) < 4.78 is 0. The molecule has 3 saturated carbocycles. The first-order valence-corrected chi connectivity index (χ1v) is 13.0. The van der Waals surface area contributed by atoms with Crippen molar-refractivity contribution in [3.05, 3.63) is 0 Å². The zero-order valence-electron chi connectivity index (χ0n) is 20.7. The van der Waals surface area contributed by atoms with Gasteiger partial charge in [0.1, 0.15) is 0 Å². The van der Waals surface area contributed by atoms with Gasteiger partial charge in [0, 0.05) is 13.5 Å². The zero-order valence-corrected chi connectivity index (χ0v) is 20.7. The van der Waals surface area contributed by atoms with Crippen LogP contribution in [0.15, 0.2) is 0 Å². The SMILES string of the molecule is CNC(=O)CC[C@@]1(C)[C@@H]2CC[C@@]3(C)[C@@H](CC[C@H]3[C@@H](C)CCCC(C)C)[C@H]2CC[C@@H]1O. The fraction of sp³-hybridized carbons (Fsp3) is 0.963. The van der Waals surface area contributed by atoms with Gasteiger partial charge in [-0.25, -0.2) is 0 Å². The summed E-state index contributed by atoms with van der Waals surface area (Å²) in [6.07, 6.45) is 12.7. The van der Waals surface area contributed by atoms with Crippen molar-refractivity contribution >= 4 is 5.91 Å². The summed E-state index contributed by atoms with van der Waals surface area (Å²) in [5.74, 6) is 4.79. The van der Waals surface area contributed by atoms with E-state index in [1.807, 2.05) is 0 Å². The first kappa shape index (κ1) is 24.1. The second-order valence-corrected chi connectivity index (χ2v) is 12.2. The maximum absolute atomic E-state index is 12.0. The number of fused-ring (bicyclic) bond motifs is 3. The van der Waals surface area contributed by atoms with Gasteiger partial charge >= 0.3 is 0 Å². The molecule has 0 heterocycles. The van der Waals surface area contributed by atoms with E-state index >= 15 is 0 Å². The van der Waals surface area contributed by atoms with Gasteiger partial charge in [-0.1, -0.05) is 53.9 Å². The van der Waals surface area contributed by atoms with E-state index in [9.17, 15) is 9.90 Å². The minimum Gasteiger partial charge on any atom is -0.393 e. The van der Waals surface area contributed by atoms with Crippen molar-refractivity contribution in [3.8, 4) is 0 Å². The van der Waals surface area contributed by atoms with Crippen LogP contribution < -0.4 is 5.32 Å². The van der Waals surface area contributed by atoms with Crippen LogP contribution in [0.2, 0.25) is 0 Å². The Kier molecular flexibility index (Phi) is 7.63.